The number of hydrogen-bond donors (Lipinski definition) is 2. The van der Waals surface area contributed by atoms with Crippen LogP contribution in [0.3, 0.4) is 0 Å². The van der Waals surface area contributed by atoms with E-state index in [-0.39, 0.29) is 11.9 Å². The zero-order valence-electron chi connectivity index (χ0n) is 9.25. The van der Waals surface area contributed by atoms with Crippen LogP contribution in [0.2, 0.25) is 0 Å². The summed E-state index contributed by atoms with van der Waals surface area (Å²) in [4.78, 5) is 11.8. The van der Waals surface area contributed by atoms with Gasteiger partial charge in [-0.05, 0) is 52.9 Å². The molecule has 0 radical (unpaired) electrons. The van der Waals surface area contributed by atoms with E-state index in [4.69, 9.17) is 5.73 Å². The van der Waals surface area contributed by atoms with Gasteiger partial charge in [-0.3, -0.25) is 4.79 Å². The van der Waals surface area contributed by atoms with E-state index in [0.29, 0.717) is 22.5 Å². The molecule has 1 aromatic rings. The van der Waals surface area contributed by atoms with Crippen molar-refractivity contribution in [1.82, 2.24) is 5.32 Å². The highest BCUT2D eigenvalue weighted by Crippen LogP contribution is 2.31. The summed E-state index contributed by atoms with van der Waals surface area (Å²) in [5.41, 5.74) is 6.17. The van der Waals surface area contributed by atoms with Crippen molar-refractivity contribution in [3.63, 3.8) is 0 Å². The lowest BCUT2D eigenvalue weighted by molar-refractivity contribution is 0.0949. The van der Waals surface area contributed by atoms with E-state index < -0.39 is 5.82 Å². The summed E-state index contributed by atoms with van der Waals surface area (Å²) in [7, 11) is 0. The number of nitrogens with one attached hydrogen (secondary N) is 1. The first-order chi connectivity index (χ1) is 8.08. The van der Waals surface area contributed by atoms with Gasteiger partial charge in [-0.15, -0.1) is 0 Å². The minimum atomic E-state index is -0.426. The summed E-state index contributed by atoms with van der Waals surface area (Å²) in [5, 5.41) is 2.73. The molecule has 0 aromatic heterocycles. The van der Waals surface area contributed by atoms with E-state index in [2.05, 4.69) is 21.2 Å². The molecule has 1 saturated carbocycles. The molecule has 0 bridgehead atoms. The third kappa shape index (κ3) is 3.26. The van der Waals surface area contributed by atoms with Gasteiger partial charge in [0.05, 0.1) is 5.56 Å². The second-order valence-corrected chi connectivity index (χ2v) is 5.19. The van der Waals surface area contributed by atoms with Crippen LogP contribution in [0, 0.1) is 11.7 Å². The van der Waals surface area contributed by atoms with Crippen molar-refractivity contribution in [2.45, 2.75) is 18.9 Å². The zero-order chi connectivity index (χ0) is 12.4. The number of amides is 1. The Morgan fingerprint density at radius 3 is 2.94 bits per heavy atom. The van der Waals surface area contributed by atoms with E-state index in [1.807, 2.05) is 0 Å². The smallest absolute Gasteiger partial charge is 0.252 e. The normalized spacial score (nSPS) is 16.6. The van der Waals surface area contributed by atoms with Crippen molar-refractivity contribution in [3.05, 3.63) is 34.1 Å². The van der Waals surface area contributed by atoms with Gasteiger partial charge in [0, 0.05) is 17.1 Å². The standard InChI is InChI=1S/C12H14BrFN2O/c13-10-4-3-8(14)5-9(10)12(17)16-6-11(15)7-1-2-7/h3-5,7,11H,1-2,6,15H2,(H,16,17). The lowest BCUT2D eigenvalue weighted by atomic mass is 10.1. The molecule has 0 spiro atoms. The minimum absolute atomic E-state index is 0.00582. The summed E-state index contributed by atoms with van der Waals surface area (Å²) < 4.78 is 13.6. The van der Waals surface area contributed by atoms with E-state index in [0.717, 1.165) is 12.8 Å². The van der Waals surface area contributed by atoms with Crippen molar-refractivity contribution >= 4 is 21.8 Å². The zero-order valence-corrected chi connectivity index (χ0v) is 10.8. The van der Waals surface area contributed by atoms with Gasteiger partial charge >= 0.3 is 0 Å². The molecule has 2 rings (SSSR count). The van der Waals surface area contributed by atoms with Gasteiger partial charge in [0.25, 0.3) is 5.91 Å². The topological polar surface area (TPSA) is 55.1 Å². The average molecular weight is 301 g/mol. The SMILES string of the molecule is NC(CNC(=O)c1cc(F)ccc1Br)C1CC1. The Hall–Kier alpha value is -0.940. The highest BCUT2D eigenvalue weighted by molar-refractivity contribution is 9.10. The van der Waals surface area contributed by atoms with Gasteiger partial charge in [0.15, 0.2) is 0 Å². The molecule has 1 atom stereocenters. The highest BCUT2D eigenvalue weighted by atomic mass is 79.9. The van der Waals surface area contributed by atoms with Crippen LogP contribution in [0.15, 0.2) is 22.7 Å². The minimum Gasteiger partial charge on any atom is -0.350 e. The first-order valence-electron chi connectivity index (χ1n) is 5.57. The number of carbonyl (C=O) groups is 1. The lowest BCUT2D eigenvalue weighted by Crippen LogP contribution is -2.38. The Morgan fingerprint density at radius 2 is 2.29 bits per heavy atom. The maximum absolute atomic E-state index is 13.0. The number of halogens is 2. The molecule has 0 aliphatic heterocycles. The van der Waals surface area contributed by atoms with Gasteiger partial charge in [0.2, 0.25) is 0 Å². The fourth-order valence-corrected chi connectivity index (χ4v) is 2.10. The third-order valence-corrected chi connectivity index (χ3v) is 3.59. The summed E-state index contributed by atoms with van der Waals surface area (Å²) >= 11 is 3.22. The maximum Gasteiger partial charge on any atom is 0.252 e. The maximum atomic E-state index is 13.0. The predicted octanol–water partition coefficient (Wildman–Crippen LogP) is 2.06. The molecule has 1 aliphatic carbocycles. The number of nitrogens with two attached hydrogens (primary N) is 1. The summed E-state index contributed by atoms with van der Waals surface area (Å²) in [6, 6.07) is 4.04. The van der Waals surface area contributed by atoms with Gasteiger partial charge in [-0.25, -0.2) is 4.39 Å². The second-order valence-electron chi connectivity index (χ2n) is 4.34. The average Bonchev–Trinajstić information content (AvgIpc) is 3.12. The Bertz CT molecular complexity index is 435. The van der Waals surface area contributed by atoms with E-state index >= 15 is 0 Å². The van der Waals surface area contributed by atoms with Crippen LogP contribution in [0.1, 0.15) is 23.2 Å². The molecule has 1 fully saturated rings. The van der Waals surface area contributed by atoms with Crippen LogP contribution < -0.4 is 11.1 Å². The molecule has 3 N–H and O–H groups in total. The molecule has 1 aliphatic rings. The first-order valence-corrected chi connectivity index (χ1v) is 6.36. The molecule has 92 valence electrons. The molecule has 17 heavy (non-hydrogen) atoms. The largest absolute Gasteiger partial charge is 0.350 e. The first kappa shape index (κ1) is 12.5. The van der Waals surface area contributed by atoms with Gasteiger partial charge < -0.3 is 11.1 Å². The Labute approximate surface area is 108 Å². The van der Waals surface area contributed by atoms with Crippen LogP contribution in [0.4, 0.5) is 4.39 Å². The van der Waals surface area contributed by atoms with Crippen LogP contribution >= 0.6 is 15.9 Å². The molecule has 1 amide bonds. The quantitative estimate of drug-likeness (QED) is 0.894. The van der Waals surface area contributed by atoms with Gasteiger partial charge in [-0.1, -0.05) is 0 Å². The molecule has 1 aromatic carbocycles. The van der Waals surface area contributed by atoms with Crippen molar-refractivity contribution < 1.29 is 9.18 Å². The number of carbonyl (C=O) groups excluding carboxylic acids is 1. The van der Waals surface area contributed by atoms with E-state index in [1.54, 1.807) is 0 Å². The molecule has 0 heterocycles. The summed E-state index contributed by atoms with van der Waals surface area (Å²) in [6.07, 6.45) is 2.28. The predicted molar refractivity (Wildman–Crippen MR) is 67.1 cm³/mol. The second kappa shape index (κ2) is 5.14. The van der Waals surface area contributed by atoms with Crippen molar-refractivity contribution in [2.24, 2.45) is 11.7 Å². The molecular formula is C12H14BrFN2O. The van der Waals surface area contributed by atoms with Gasteiger partial charge in [0.1, 0.15) is 5.82 Å². The molecule has 3 nitrogen and oxygen atoms in total. The molecule has 0 saturated heterocycles. The molecule has 5 heteroatoms. The number of benzene rings is 1. The van der Waals surface area contributed by atoms with Crippen molar-refractivity contribution in [3.8, 4) is 0 Å². The number of hydrogen-bond acceptors (Lipinski definition) is 2. The van der Waals surface area contributed by atoms with Crippen LogP contribution in [-0.2, 0) is 0 Å². The Balaban J connectivity index is 1.96. The van der Waals surface area contributed by atoms with E-state index in [1.165, 1.54) is 18.2 Å². The van der Waals surface area contributed by atoms with Crippen molar-refractivity contribution in [1.29, 1.82) is 0 Å². The summed E-state index contributed by atoms with van der Waals surface area (Å²) in [5.74, 6) is -0.191. The van der Waals surface area contributed by atoms with Crippen LogP contribution in [0.5, 0.6) is 0 Å². The Kier molecular flexibility index (Phi) is 3.79. The van der Waals surface area contributed by atoms with Gasteiger partial charge in [-0.2, -0.15) is 0 Å². The van der Waals surface area contributed by atoms with Crippen molar-refractivity contribution in [2.75, 3.05) is 6.54 Å². The monoisotopic (exact) mass is 300 g/mol. The fraction of sp³-hybridized carbons (Fsp3) is 0.417. The lowest BCUT2D eigenvalue weighted by Gasteiger charge is -2.12. The number of rotatable bonds is 4. The van der Waals surface area contributed by atoms with Crippen LogP contribution in [-0.4, -0.2) is 18.5 Å². The summed E-state index contributed by atoms with van der Waals surface area (Å²) in [6.45, 7) is 0.437. The third-order valence-electron chi connectivity index (χ3n) is 2.90. The Morgan fingerprint density at radius 1 is 1.59 bits per heavy atom. The molecule has 1 unspecified atom stereocenters. The van der Waals surface area contributed by atoms with Crippen LogP contribution in [0.25, 0.3) is 0 Å². The highest BCUT2D eigenvalue weighted by Gasteiger charge is 2.28. The molecular weight excluding hydrogens is 287 g/mol. The van der Waals surface area contributed by atoms with E-state index in [9.17, 15) is 9.18 Å². The fourth-order valence-electron chi connectivity index (χ4n) is 1.67.